The maximum absolute atomic E-state index is 14.0. The van der Waals surface area contributed by atoms with Crippen LogP contribution in [0.2, 0.25) is 0 Å². The zero-order valence-corrected chi connectivity index (χ0v) is 18.0. The van der Waals surface area contributed by atoms with Crippen molar-refractivity contribution in [1.29, 1.82) is 0 Å². The van der Waals surface area contributed by atoms with E-state index in [1.165, 1.54) is 23.0 Å². The monoisotopic (exact) mass is 456 g/mol. The lowest BCUT2D eigenvalue weighted by atomic mass is 9.89. The molecular weight excluding hydrogens is 431 g/mol. The first-order valence-corrected chi connectivity index (χ1v) is 11.1. The van der Waals surface area contributed by atoms with Crippen molar-refractivity contribution in [3.63, 3.8) is 0 Å². The number of ether oxygens (including phenoxy) is 1. The van der Waals surface area contributed by atoms with Crippen molar-refractivity contribution in [2.24, 2.45) is 0 Å². The van der Waals surface area contributed by atoms with Gasteiger partial charge in [0.15, 0.2) is 5.65 Å². The van der Waals surface area contributed by atoms with Gasteiger partial charge >= 0.3 is 5.97 Å². The van der Waals surface area contributed by atoms with Crippen LogP contribution in [0.25, 0.3) is 16.7 Å². The molecule has 2 aliphatic rings. The molecule has 33 heavy (non-hydrogen) atoms. The zero-order chi connectivity index (χ0) is 22.9. The van der Waals surface area contributed by atoms with E-state index in [0.29, 0.717) is 60.6 Å². The Morgan fingerprint density at radius 1 is 1.24 bits per heavy atom. The number of benzene rings is 1. The number of hydrogen-bond donors (Lipinski definition) is 3. The first-order valence-electron chi connectivity index (χ1n) is 11.1. The lowest BCUT2D eigenvalue weighted by Gasteiger charge is -2.53. The Bertz CT molecular complexity index is 1230. The molecule has 5 rings (SSSR count). The van der Waals surface area contributed by atoms with Crippen LogP contribution in [0.1, 0.15) is 32.1 Å². The first-order chi connectivity index (χ1) is 16.0. The topological polar surface area (TPSA) is 125 Å². The molecule has 0 aliphatic carbocycles. The van der Waals surface area contributed by atoms with E-state index in [2.05, 4.69) is 20.3 Å². The second-order valence-corrected chi connectivity index (χ2v) is 8.46. The molecule has 11 heteroatoms. The van der Waals surface area contributed by atoms with Crippen molar-refractivity contribution in [1.82, 2.24) is 25.1 Å². The van der Waals surface area contributed by atoms with Crippen LogP contribution < -0.4 is 20.5 Å². The molecule has 0 amide bonds. The number of carboxylic acid groups (broad SMARTS) is 1. The summed E-state index contributed by atoms with van der Waals surface area (Å²) in [6, 6.07) is 4.73. The van der Waals surface area contributed by atoms with Crippen molar-refractivity contribution < 1.29 is 19.0 Å². The summed E-state index contributed by atoms with van der Waals surface area (Å²) in [6.45, 7) is 2.00. The average molecular weight is 456 g/mol. The van der Waals surface area contributed by atoms with Crippen LogP contribution in [0.4, 0.5) is 10.3 Å². The highest BCUT2D eigenvalue weighted by Gasteiger charge is 2.42. The highest BCUT2D eigenvalue weighted by Crippen LogP contribution is 2.33. The number of aromatic amines is 1. The molecule has 0 radical (unpaired) electrons. The summed E-state index contributed by atoms with van der Waals surface area (Å²) in [5, 5.41) is 16.8. The standard InChI is InChI=1S/C22H25FN6O4/c23-13-5-6-17(18(8-13)33-7-3-1-2-4-19(30)31)29-20-16(12-25-29)21(32)27-22(26-20)28-14-9-15(28)11-24-10-14/h5-6,8,12,14-15,24H,1-4,7,9-11H2,(H,30,31)(H,26,27,32). The predicted molar refractivity (Wildman–Crippen MR) is 119 cm³/mol. The Labute approximate surface area is 188 Å². The molecule has 2 saturated heterocycles. The summed E-state index contributed by atoms with van der Waals surface area (Å²) >= 11 is 0. The second-order valence-electron chi connectivity index (χ2n) is 8.46. The van der Waals surface area contributed by atoms with Gasteiger partial charge < -0.3 is 20.1 Å². The van der Waals surface area contributed by atoms with Gasteiger partial charge in [0.05, 0.1) is 12.8 Å². The molecule has 2 aromatic heterocycles. The molecular formula is C22H25FN6O4. The third kappa shape index (κ3) is 4.15. The Morgan fingerprint density at radius 2 is 2.06 bits per heavy atom. The van der Waals surface area contributed by atoms with E-state index in [-0.39, 0.29) is 17.7 Å². The molecule has 2 aliphatic heterocycles. The number of fused-ring (bicyclic) bond motifs is 3. The van der Waals surface area contributed by atoms with E-state index in [4.69, 9.17) is 14.8 Å². The Kier molecular flexibility index (Phi) is 5.71. The van der Waals surface area contributed by atoms with Crippen LogP contribution in [0.15, 0.2) is 29.2 Å². The van der Waals surface area contributed by atoms with Crippen LogP contribution in [-0.2, 0) is 4.79 Å². The summed E-state index contributed by atoms with van der Waals surface area (Å²) in [5.41, 5.74) is 0.582. The van der Waals surface area contributed by atoms with E-state index >= 15 is 0 Å². The van der Waals surface area contributed by atoms with E-state index < -0.39 is 11.8 Å². The van der Waals surface area contributed by atoms with Gasteiger partial charge in [0.2, 0.25) is 5.95 Å². The second kappa shape index (κ2) is 8.81. The van der Waals surface area contributed by atoms with Gasteiger partial charge in [0.25, 0.3) is 5.56 Å². The number of nitrogens with zero attached hydrogens (tertiary/aromatic N) is 4. The highest BCUT2D eigenvalue weighted by atomic mass is 19.1. The van der Waals surface area contributed by atoms with Crippen LogP contribution in [0.5, 0.6) is 5.75 Å². The van der Waals surface area contributed by atoms with E-state index in [1.807, 2.05) is 0 Å². The summed E-state index contributed by atoms with van der Waals surface area (Å²) in [4.78, 5) is 33.1. The van der Waals surface area contributed by atoms with Crippen LogP contribution in [0, 0.1) is 5.82 Å². The largest absolute Gasteiger partial charge is 0.491 e. The van der Waals surface area contributed by atoms with Crippen molar-refractivity contribution >= 4 is 23.0 Å². The van der Waals surface area contributed by atoms with Gasteiger partial charge in [-0.05, 0) is 37.8 Å². The predicted octanol–water partition coefficient (Wildman–Crippen LogP) is 1.82. The number of rotatable bonds is 9. The summed E-state index contributed by atoms with van der Waals surface area (Å²) < 4.78 is 21.3. The molecule has 0 spiro atoms. The third-order valence-corrected chi connectivity index (χ3v) is 6.20. The maximum Gasteiger partial charge on any atom is 0.303 e. The number of aromatic nitrogens is 4. The fourth-order valence-corrected chi connectivity index (χ4v) is 4.55. The molecule has 2 atom stereocenters. The van der Waals surface area contributed by atoms with Crippen LogP contribution in [0.3, 0.4) is 0 Å². The number of carboxylic acids is 1. The smallest absolute Gasteiger partial charge is 0.303 e. The van der Waals surface area contributed by atoms with Crippen molar-refractivity contribution in [3.05, 3.63) is 40.6 Å². The molecule has 174 valence electrons. The molecule has 3 aromatic rings. The maximum atomic E-state index is 14.0. The average Bonchev–Trinajstić information content (AvgIpc) is 3.21. The molecule has 4 heterocycles. The number of nitrogens with one attached hydrogen (secondary N) is 2. The zero-order valence-electron chi connectivity index (χ0n) is 18.0. The van der Waals surface area contributed by atoms with Gasteiger partial charge in [-0.3, -0.25) is 14.6 Å². The molecule has 0 saturated carbocycles. The number of H-pyrrole nitrogens is 1. The number of anilines is 1. The molecule has 10 nitrogen and oxygen atoms in total. The Morgan fingerprint density at radius 3 is 2.82 bits per heavy atom. The number of halogens is 1. The summed E-state index contributed by atoms with van der Waals surface area (Å²) in [6.07, 6.45) is 4.51. The number of carbonyl (C=O) groups is 1. The van der Waals surface area contributed by atoms with E-state index in [0.717, 1.165) is 19.5 Å². The van der Waals surface area contributed by atoms with E-state index in [1.54, 1.807) is 6.07 Å². The van der Waals surface area contributed by atoms with Crippen molar-refractivity contribution in [2.75, 3.05) is 24.6 Å². The molecule has 3 N–H and O–H groups in total. The van der Waals surface area contributed by atoms with Gasteiger partial charge in [0.1, 0.15) is 22.6 Å². The molecule has 2 fully saturated rings. The normalized spacial score (nSPS) is 19.5. The van der Waals surface area contributed by atoms with Gasteiger partial charge in [0, 0.05) is 37.7 Å². The van der Waals surface area contributed by atoms with Gasteiger partial charge in [-0.2, -0.15) is 10.1 Å². The number of hydrogen-bond acceptors (Lipinski definition) is 7. The lowest BCUT2D eigenvalue weighted by Crippen LogP contribution is -2.68. The van der Waals surface area contributed by atoms with Gasteiger partial charge in [-0.15, -0.1) is 0 Å². The third-order valence-electron chi connectivity index (χ3n) is 6.20. The minimum atomic E-state index is -0.825. The fourth-order valence-electron chi connectivity index (χ4n) is 4.55. The fraction of sp³-hybridized carbons (Fsp3) is 0.455. The highest BCUT2D eigenvalue weighted by molar-refractivity contribution is 5.77. The summed E-state index contributed by atoms with van der Waals surface area (Å²) in [5.74, 6) is -0.482. The van der Waals surface area contributed by atoms with Gasteiger partial charge in [-0.1, -0.05) is 0 Å². The number of unbranched alkanes of at least 4 members (excludes halogenated alkanes) is 2. The van der Waals surface area contributed by atoms with Crippen LogP contribution >= 0.6 is 0 Å². The minimum Gasteiger partial charge on any atom is -0.491 e. The minimum absolute atomic E-state index is 0.113. The Balaban J connectivity index is 1.42. The molecule has 2 bridgehead atoms. The molecule has 1 aromatic carbocycles. The molecule has 2 unspecified atom stereocenters. The van der Waals surface area contributed by atoms with Gasteiger partial charge in [-0.25, -0.2) is 9.07 Å². The number of aliphatic carboxylic acids is 1. The summed E-state index contributed by atoms with van der Waals surface area (Å²) in [7, 11) is 0. The SMILES string of the molecule is O=C(O)CCCCCOc1cc(F)ccc1-n1ncc2c(=O)[nH]c(N3C4CNCC3C4)nc21. The number of piperidine rings is 1. The van der Waals surface area contributed by atoms with Crippen molar-refractivity contribution in [2.45, 2.75) is 44.2 Å². The quantitative estimate of drug-likeness (QED) is 0.417. The lowest BCUT2D eigenvalue weighted by molar-refractivity contribution is -0.137. The Hall–Kier alpha value is -3.47. The van der Waals surface area contributed by atoms with Crippen LogP contribution in [-0.4, -0.2) is 62.6 Å². The number of piperazine rings is 1. The van der Waals surface area contributed by atoms with E-state index in [9.17, 15) is 14.0 Å². The van der Waals surface area contributed by atoms with Crippen molar-refractivity contribution in [3.8, 4) is 11.4 Å². The first kappa shape index (κ1) is 21.4.